The van der Waals surface area contributed by atoms with Crippen molar-refractivity contribution in [3.05, 3.63) is 53.0 Å². The van der Waals surface area contributed by atoms with Crippen molar-refractivity contribution in [1.82, 2.24) is 29.5 Å². The molecule has 8 nitrogen and oxygen atoms in total. The fourth-order valence-corrected chi connectivity index (χ4v) is 4.31. The minimum Gasteiger partial charge on any atom is -0.497 e. The maximum atomic E-state index is 13.0. The van der Waals surface area contributed by atoms with Crippen molar-refractivity contribution < 1.29 is 9.53 Å². The minimum absolute atomic E-state index is 0.0184. The highest BCUT2D eigenvalue weighted by Crippen LogP contribution is 2.34. The number of hydrogen-bond donors (Lipinski definition) is 0. The molecule has 3 heterocycles. The lowest BCUT2D eigenvalue weighted by Gasteiger charge is -2.32. The van der Waals surface area contributed by atoms with Crippen LogP contribution in [0, 0.1) is 6.92 Å². The number of nitrogens with zero attached hydrogens (tertiary/aromatic N) is 6. The third-order valence-electron chi connectivity index (χ3n) is 6.31. The average Bonchev–Trinajstić information content (AvgIpc) is 3.19. The Balaban J connectivity index is 1.49. The fourth-order valence-electron chi connectivity index (χ4n) is 4.31. The normalized spacial score (nSPS) is 16.0. The molecule has 0 atom stereocenters. The van der Waals surface area contributed by atoms with Gasteiger partial charge in [0.1, 0.15) is 5.75 Å². The molecule has 0 spiro atoms. The number of piperazine rings is 1. The van der Waals surface area contributed by atoms with E-state index in [1.807, 2.05) is 30.2 Å². The lowest BCUT2D eigenvalue weighted by Crippen LogP contribution is -2.47. The number of rotatable bonds is 3. The van der Waals surface area contributed by atoms with Crippen LogP contribution in [0.5, 0.6) is 5.75 Å². The van der Waals surface area contributed by atoms with Crippen molar-refractivity contribution in [2.45, 2.75) is 19.8 Å². The smallest absolute Gasteiger partial charge is 0.257 e. The van der Waals surface area contributed by atoms with Gasteiger partial charge in [0.2, 0.25) is 0 Å². The van der Waals surface area contributed by atoms with Crippen molar-refractivity contribution in [2.24, 2.45) is 0 Å². The molecule has 1 aliphatic carbocycles. The Bertz CT molecular complexity index is 1150. The van der Waals surface area contributed by atoms with Gasteiger partial charge in [0.15, 0.2) is 0 Å². The number of aryl methyl sites for hydroxylation is 2. The third kappa shape index (κ3) is 3.46. The number of carbonyl (C=O) groups is 1. The largest absolute Gasteiger partial charge is 0.497 e. The molecule has 1 amide bonds. The van der Waals surface area contributed by atoms with Crippen molar-refractivity contribution in [2.75, 3.05) is 40.3 Å². The van der Waals surface area contributed by atoms with Crippen LogP contribution in [0.4, 0.5) is 0 Å². The molecular weight excluding hydrogens is 392 g/mol. The number of fused-ring (bicyclic) bond motifs is 3. The molecule has 0 bridgehead atoms. The molecule has 2 aromatic heterocycles. The van der Waals surface area contributed by atoms with E-state index in [4.69, 9.17) is 9.72 Å². The van der Waals surface area contributed by atoms with E-state index in [2.05, 4.69) is 28.1 Å². The molecule has 5 rings (SSSR count). The second-order valence-corrected chi connectivity index (χ2v) is 8.22. The van der Waals surface area contributed by atoms with Crippen LogP contribution in [0.1, 0.15) is 27.2 Å². The number of aromatic nitrogens is 4. The van der Waals surface area contributed by atoms with Crippen LogP contribution >= 0.6 is 0 Å². The first-order chi connectivity index (χ1) is 15.0. The molecular formula is C23H26N6O2. The van der Waals surface area contributed by atoms with Crippen molar-refractivity contribution >= 4 is 5.91 Å². The number of methoxy groups -OCH3 is 1. The van der Waals surface area contributed by atoms with Crippen molar-refractivity contribution in [3.63, 3.8) is 0 Å². The van der Waals surface area contributed by atoms with Crippen LogP contribution in [0.2, 0.25) is 0 Å². The van der Waals surface area contributed by atoms with Gasteiger partial charge in [-0.1, -0.05) is 6.07 Å². The van der Waals surface area contributed by atoms with E-state index < -0.39 is 0 Å². The van der Waals surface area contributed by atoms with Crippen molar-refractivity contribution in [3.8, 4) is 23.0 Å². The first kappa shape index (κ1) is 19.7. The topological polar surface area (TPSA) is 76.4 Å². The molecule has 1 saturated heterocycles. The minimum atomic E-state index is 0.0184. The lowest BCUT2D eigenvalue weighted by molar-refractivity contribution is 0.0663. The van der Waals surface area contributed by atoms with Gasteiger partial charge >= 0.3 is 0 Å². The summed E-state index contributed by atoms with van der Waals surface area (Å²) in [7, 11) is 3.75. The summed E-state index contributed by atoms with van der Waals surface area (Å²) in [5, 5.41) is 4.46. The van der Waals surface area contributed by atoms with Gasteiger partial charge in [-0.25, -0.2) is 14.6 Å². The second-order valence-electron chi connectivity index (χ2n) is 8.22. The summed E-state index contributed by atoms with van der Waals surface area (Å²) in [4.78, 5) is 26.6. The van der Waals surface area contributed by atoms with Crippen LogP contribution in [0.3, 0.4) is 0 Å². The molecule has 160 valence electrons. The number of amides is 1. The Hall–Kier alpha value is -3.26. The average molecular weight is 419 g/mol. The molecule has 1 fully saturated rings. The fraction of sp³-hybridized carbons (Fsp3) is 0.391. The van der Waals surface area contributed by atoms with Crippen LogP contribution in [0.15, 0.2) is 30.6 Å². The van der Waals surface area contributed by atoms with Crippen LogP contribution in [-0.2, 0) is 12.8 Å². The van der Waals surface area contributed by atoms with Crippen molar-refractivity contribution in [1.29, 1.82) is 0 Å². The van der Waals surface area contributed by atoms with E-state index in [-0.39, 0.29) is 5.91 Å². The molecule has 1 aromatic carbocycles. The number of benzene rings is 1. The predicted molar refractivity (Wildman–Crippen MR) is 117 cm³/mol. The Labute approximate surface area is 181 Å². The number of ether oxygens (including phenoxy) is 1. The van der Waals surface area contributed by atoms with E-state index in [0.717, 1.165) is 67.3 Å². The van der Waals surface area contributed by atoms with E-state index in [0.29, 0.717) is 11.5 Å². The Morgan fingerprint density at radius 3 is 2.61 bits per heavy atom. The lowest BCUT2D eigenvalue weighted by atomic mass is 9.90. The quantitative estimate of drug-likeness (QED) is 0.649. The molecule has 0 saturated carbocycles. The number of hydrogen-bond acceptors (Lipinski definition) is 6. The van der Waals surface area contributed by atoms with Gasteiger partial charge in [-0.2, -0.15) is 5.10 Å². The number of carbonyl (C=O) groups excluding carboxylic acids is 1. The first-order valence-corrected chi connectivity index (χ1v) is 10.6. The van der Waals surface area contributed by atoms with Gasteiger partial charge in [-0.05, 0) is 50.1 Å². The molecule has 31 heavy (non-hydrogen) atoms. The molecule has 8 heteroatoms. The molecule has 0 unspecified atom stereocenters. The van der Waals surface area contributed by atoms with E-state index in [1.165, 1.54) is 5.56 Å². The second kappa shape index (κ2) is 7.77. The summed E-state index contributed by atoms with van der Waals surface area (Å²) in [5.41, 5.74) is 5.71. The van der Waals surface area contributed by atoms with Gasteiger partial charge in [-0.15, -0.1) is 0 Å². The highest BCUT2D eigenvalue weighted by atomic mass is 16.5. The molecule has 0 radical (unpaired) electrons. The summed E-state index contributed by atoms with van der Waals surface area (Å²) < 4.78 is 7.08. The van der Waals surface area contributed by atoms with Gasteiger partial charge in [0.05, 0.1) is 30.3 Å². The highest BCUT2D eigenvalue weighted by Gasteiger charge is 2.25. The zero-order valence-corrected chi connectivity index (χ0v) is 18.1. The zero-order chi connectivity index (χ0) is 21.5. The maximum Gasteiger partial charge on any atom is 0.257 e. The maximum absolute atomic E-state index is 13.0. The van der Waals surface area contributed by atoms with Crippen LogP contribution < -0.4 is 4.74 Å². The van der Waals surface area contributed by atoms with E-state index in [9.17, 15) is 4.79 Å². The van der Waals surface area contributed by atoms with Crippen LogP contribution in [0.25, 0.3) is 17.2 Å². The molecule has 1 aliphatic heterocycles. The van der Waals surface area contributed by atoms with Gasteiger partial charge < -0.3 is 14.5 Å². The highest BCUT2D eigenvalue weighted by molar-refractivity contribution is 5.95. The summed E-state index contributed by atoms with van der Waals surface area (Å²) in [6.07, 6.45) is 5.37. The number of likely N-dealkylation sites (N-methyl/N-ethyl adjacent to an activating group) is 1. The zero-order valence-electron chi connectivity index (χ0n) is 18.1. The predicted octanol–water partition coefficient (Wildman–Crippen LogP) is 2.13. The van der Waals surface area contributed by atoms with E-state index >= 15 is 0 Å². The Kier molecular flexibility index (Phi) is 4.94. The van der Waals surface area contributed by atoms with E-state index in [1.54, 1.807) is 18.0 Å². The monoisotopic (exact) mass is 418 g/mol. The summed E-state index contributed by atoms with van der Waals surface area (Å²) in [5.74, 6) is 1.30. The summed E-state index contributed by atoms with van der Waals surface area (Å²) in [6.45, 7) is 5.13. The molecule has 2 aliphatic rings. The third-order valence-corrected chi connectivity index (χ3v) is 6.31. The molecule has 0 N–H and O–H groups in total. The Morgan fingerprint density at radius 1 is 1.06 bits per heavy atom. The first-order valence-electron chi connectivity index (χ1n) is 10.6. The van der Waals surface area contributed by atoms with Gasteiger partial charge in [0, 0.05) is 37.9 Å². The Morgan fingerprint density at radius 2 is 1.84 bits per heavy atom. The summed E-state index contributed by atoms with van der Waals surface area (Å²) in [6, 6.07) is 6.12. The van der Waals surface area contributed by atoms with Gasteiger partial charge in [0.25, 0.3) is 11.9 Å². The molecule has 3 aromatic rings. The van der Waals surface area contributed by atoms with Crippen LogP contribution in [-0.4, -0.2) is 75.8 Å². The standard InChI is InChI=1S/C23H26N6O2/c1-15-20(22(30)28-10-8-27(2)9-11-28)14-25-29(15)23-24-13-17-5-4-16-6-7-18(31-3)12-19(16)21(17)26-23/h6-7,12-14H,4-5,8-11H2,1-3H3. The summed E-state index contributed by atoms with van der Waals surface area (Å²) >= 11 is 0. The SMILES string of the molecule is COc1ccc2c(c1)-c1nc(-n3ncc(C(=O)N4CCN(C)CC4)c3C)ncc1CC2. The van der Waals surface area contributed by atoms with Gasteiger partial charge in [-0.3, -0.25) is 4.79 Å².